The van der Waals surface area contributed by atoms with E-state index in [1.54, 1.807) is 34.8 Å². The van der Waals surface area contributed by atoms with Gasteiger partial charge in [-0.3, -0.25) is 14.8 Å². The van der Waals surface area contributed by atoms with Gasteiger partial charge in [0.15, 0.2) is 0 Å². The number of rotatable bonds is 5. The molecule has 0 saturated carbocycles. The molecule has 162 valence electrons. The van der Waals surface area contributed by atoms with Gasteiger partial charge in [0, 0.05) is 35.9 Å². The summed E-state index contributed by atoms with van der Waals surface area (Å²) in [7, 11) is 0. The second-order valence-electron chi connectivity index (χ2n) is 7.49. The van der Waals surface area contributed by atoms with Crippen LogP contribution >= 0.6 is 11.3 Å². The fourth-order valence-corrected chi connectivity index (χ4v) is 4.61. The van der Waals surface area contributed by atoms with Gasteiger partial charge in [0.25, 0.3) is 5.91 Å². The summed E-state index contributed by atoms with van der Waals surface area (Å²) < 4.78 is 1.11. The first kappa shape index (κ1) is 20.7. The highest BCUT2D eigenvalue weighted by atomic mass is 32.1. The highest BCUT2D eigenvalue weighted by Gasteiger charge is 2.22. The van der Waals surface area contributed by atoms with Gasteiger partial charge >= 0.3 is 0 Å². The molecule has 0 unspecified atom stereocenters. The van der Waals surface area contributed by atoms with Crippen LogP contribution in [0.3, 0.4) is 0 Å². The van der Waals surface area contributed by atoms with Crippen LogP contribution in [0.1, 0.15) is 15.9 Å². The number of thiophene rings is 1. The second-order valence-corrected chi connectivity index (χ2v) is 8.41. The third-order valence-corrected chi connectivity index (χ3v) is 6.29. The van der Waals surface area contributed by atoms with Gasteiger partial charge in [-0.2, -0.15) is 0 Å². The average Bonchev–Trinajstić information content (AvgIpc) is 3.32. The van der Waals surface area contributed by atoms with Crippen molar-refractivity contribution in [3.63, 3.8) is 0 Å². The number of phenols is 2. The van der Waals surface area contributed by atoms with Crippen molar-refractivity contribution in [1.82, 2.24) is 9.97 Å². The number of carbonyl (C=O) groups excluding carboxylic acids is 1. The first-order valence-corrected chi connectivity index (χ1v) is 11.1. The predicted octanol–water partition coefficient (Wildman–Crippen LogP) is 5.62. The molecule has 2 N–H and O–H groups in total. The molecule has 7 heteroatoms. The lowest BCUT2D eigenvalue weighted by atomic mass is 10.0. The normalized spacial score (nSPS) is 10.9. The first-order valence-electron chi connectivity index (χ1n) is 10.3. The van der Waals surface area contributed by atoms with E-state index in [-0.39, 0.29) is 29.5 Å². The summed E-state index contributed by atoms with van der Waals surface area (Å²) in [6.45, 7) is 0.275. The zero-order valence-corrected chi connectivity index (χ0v) is 18.2. The number of hydrogen-bond donors (Lipinski definition) is 2. The Labute approximate surface area is 194 Å². The van der Waals surface area contributed by atoms with Crippen LogP contribution in [0.15, 0.2) is 90.7 Å². The van der Waals surface area contributed by atoms with Crippen molar-refractivity contribution in [3.8, 4) is 22.6 Å². The van der Waals surface area contributed by atoms with E-state index in [1.807, 2.05) is 53.9 Å². The van der Waals surface area contributed by atoms with E-state index in [0.717, 1.165) is 33.0 Å². The number of anilines is 1. The van der Waals surface area contributed by atoms with Gasteiger partial charge in [-0.15, -0.1) is 11.3 Å². The van der Waals surface area contributed by atoms with Gasteiger partial charge < -0.3 is 15.1 Å². The molecule has 6 nitrogen and oxygen atoms in total. The Morgan fingerprint density at radius 1 is 0.970 bits per heavy atom. The molecule has 2 aromatic carbocycles. The molecule has 0 radical (unpaired) electrons. The maximum atomic E-state index is 13.4. The third-order valence-electron chi connectivity index (χ3n) is 5.35. The van der Waals surface area contributed by atoms with Crippen molar-refractivity contribution in [2.75, 3.05) is 4.90 Å². The minimum atomic E-state index is -0.381. The van der Waals surface area contributed by atoms with Gasteiger partial charge in [0.05, 0.1) is 22.3 Å². The lowest BCUT2D eigenvalue weighted by molar-refractivity contribution is 0.0982. The molecule has 5 rings (SSSR count). The number of nitrogens with zero attached hydrogens (tertiary/aromatic N) is 3. The summed E-state index contributed by atoms with van der Waals surface area (Å²) in [6, 6.07) is 19.4. The predicted molar refractivity (Wildman–Crippen MR) is 130 cm³/mol. The van der Waals surface area contributed by atoms with Crippen LogP contribution in [0, 0.1) is 0 Å². The van der Waals surface area contributed by atoms with Crippen LogP contribution in [-0.2, 0) is 6.54 Å². The summed E-state index contributed by atoms with van der Waals surface area (Å²) in [5.74, 6) is -0.761. The lowest BCUT2D eigenvalue weighted by Crippen LogP contribution is -2.30. The zero-order chi connectivity index (χ0) is 22.8. The Morgan fingerprint density at radius 2 is 1.82 bits per heavy atom. The van der Waals surface area contributed by atoms with Gasteiger partial charge in [0.1, 0.15) is 11.5 Å². The molecule has 0 bridgehead atoms. The molecule has 3 heterocycles. The number of phenolic OH excluding ortho intramolecular Hbond substituents is 2. The highest BCUT2D eigenvalue weighted by Crippen LogP contribution is 2.33. The Morgan fingerprint density at radius 3 is 2.58 bits per heavy atom. The summed E-state index contributed by atoms with van der Waals surface area (Å²) >= 11 is 1.64. The largest absolute Gasteiger partial charge is 0.508 e. The van der Waals surface area contributed by atoms with Gasteiger partial charge in [-0.05, 0) is 59.0 Å². The monoisotopic (exact) mass is 453 g/mol. The fourth-order valence-electron chi connectivity index (χ4n) is 3.72. The molecule has 5 aromatic rings. The number of aromatic hydroxyl groups is 2. The molecular weight excluding hydrogens is 434 g/mol. The van der Waals surface area contributed by atoms with Gasteiger partial charge in [-0.1, -0.05) is 18.2 Å². The number of amides is 1. The lowest BCUT2D eigenvalue weighted by Gasteiger charge is -2.24. The summed E-state index contributed by atoms with van der Waals surface area (Å²) in [6.07, 6.45) is 5.18. The number of carbonyl (C=O) groups is 1. The standard InChI is InChI=1S/C26H19N3O3S/c30-20-7-8-22(24(31)14-20)26(32)29(16-17-2-1-11-27-15-17)19-5-3-18(4-6-19)21-9-12-28-23-10-13-33-25(21)23/h1-15,30-31H,16H2. The molecule has 0 fully saturated rings. The molecule has 1 amide bonds. The van der Waals surface area contributed by atoms with Crippen molar-refractivity contribution in [2.45, 2.75) is 6.54 Å². The average molecular weight is 454 g/mol. The molecular formula is C26H19N3O3S. The molecule has 0 aliphatic rings. The number of hydrogen-bond acceptors (Lipinski definition) is 6. The van der Waals surface area contributed by atoms with Gasteiger partial charge in [-0.25, -0.2) is 0 Å². The summed E-state index contributed by atoms with van der Waals surface area (Å²) in [4.78, 5) is 23.6. The van der Waals surface area contributed by atoms with E-state index in [2.05, 4.69) is 9.97 Å². The summed E-state index contributed by atoms with van der Waals surface area (Å²) in [5, 5.41) is 21.9. The number of aromatic nitrogens is 2. The summed E-state index contributed by atoms with van der Waals surface area (Å²) in [5.41, 5.74) is 4.70. The van der Waals surface area contributed by atoms with E-state index in [1.165, 1.54) is 12.1 Å². The Balaban J connectivity index is 1.53. The van der Waals surface area contributed by atoms with Gasteiger partial charge in [0.2, 0.25) is 0 Å². The smallest absolute Gasteiger partial charge is 0.262 e. The SMILES string of the molecule is O=C(c1ccc(O)cc1O)N(Cc1cccnc1)c1ccc(-c2ccnc3ccsc23)cc1. The first-order chi connectivity index (χ1) is 16.1. The third kappa shape index (κ3) is 4.14. The van der Waals surface area contributed by atoms with E-state index in [0.29, 0.717) is 5.69 Å². The highest BCUT2D eigenvalue weighted by molar-refractivity contribution is 7.17. The van der Waals surface area contributed by atoms with E-state index in [4.69, 9.17) is 0 Å². The minimum Gasteiger partial charge on any atom is -0.508 e. The second kappa shape index (κ2) is 8.72. The van der Waals surface area contributed by atoms with Crippen molar-refractivity contribution in [1.29, 1.82) is 0 Å². The maximum absolute atomic E-state index is 13.4. The fraction of sp³-hybridized carbons (Fsp3) is 0.0385. The van der Waals surface area contributed by atoms with Crippen LogP contribution in [0.2, 0.25) is 0 Å². The molecule has 0 saturated heterocycles. The molecule has 33 heavy (non-hydrogen) atoms. The van der Waals surface area contributed by atoms with Crippen LogP contribution in [0.4, 0.5) is 5.69 Å². The van der Waals surface area contributed by atoms with Crippen LogP contribution in [0.5, 0.6) is 11.5 Å². The van der Waals surface area contributed by atoms with E-state index >= 15 is 0 Å². The van der Waals surface area contributed by atoms with Crippen LogP contribution in [-0.4, -0.2) is 26.1 Å². The Kier molecular flexibility index (Phi) is 5.46. The Bertz CT molecular complexity index is 1430. The zero-order valence-electron chi connectivity index (χ0n) is 17.4. The van der Waals surface area contributed by atoms with Crippen LogP contribution in [0.25, 0.3) is 21.3 Å². The molecule has 0 aliphatic carbocycles. The molecule has 0 atom stereocenters. The quantitative estimate of drug-likeness (QED) is 0.361. The van der Waals surface area contributed by atoms with E-state index < -0.39 is 0 Å². The molecule has 0 aliphatic heterocycles. The van der Waals surface area contributed by atoms with Crippen molar-refractivity contribution < 1.29 is 15.0 Å². The Hall–Kier alpha value is -4.23. The molecule has 0 spiro atoms. The minimum absolute atomic E-state index is 0.107. The number of benzene rings is 2. The molecule has 3 aromatic heterocycles. The number of pyridine rings is 2. The maximum Gasteiger partial charge on any atom is 0.262 e. The number of fused-ring (bicyclic) bond motifs is 1. The van der Waals surface area contributed by atoms with E-state index in [9.17, 15) is 15.0 Å². The van der Waals surface area contributed by atoms with Crippen LogP contribution < -0.4 is 4.90 Å². The van der Waals surface area contributed by atoms with Crippen molar-refractivity contribution in [3.05, 3.63) is 102 Å². The van der Waals surface area contributed by atoms with Crippen molar-refractivity contribution >= 4 is 33.1 Å². The van der Waals surface area contributed by atoms with Crippen molar-refractivity contribution in [2.24, 2.45) is 0 Å². The topological polar surface area (TPSA) is 86.5 Å².